The van der Waals surface area contributed by atoms with E-state index >= 15 is 0 Å². The van der Waals surface area contributed by atoms with E-state index in [1.165, 1.54) is 25.9 Å². The first-order chi connectivity index (χ1) is 5.56. The summed E-state index contributed by atoms with van der Waals surface area (Å²) >= 11 is 4.32. The van der Waals surface area contributed by atoms with Gasteiger partial charge in [0.25, 0.3) is 0 Å². The summed E-state index contributed by atoms with van der Waals surface area (Å²) in [6.45, 7) is 9.49. The lowest BCUT2D eigenvalue weighted by Crippen LogP contribution is -2.41. The van der Waals surface area contributed by atoms with Crippen molar-refractivity contribution in [3.05, 3.63) is 0 Å². The van der Waals surface area contributed by atoms with E-state index in [4.69, 9.17) is 0 Å². The van der Waals surface area contributed by atoms with Crippen LogP contribution in [0.1, 0.15) is 33.6 Å². The van der Waals surface area contributed by atoms with Crippen LogP contribution in [0.15, 0.2) is 0 Å². The first-order valence-electron chi connectivity index (χ1n) is 4.92. The van der Waals surface area contributed by atoms with Gasteiger partial charge >= 0.3 is 0 Å². The average Bonchev–Trinajstić information content (AvgIpc) is 2.31. The van der Waals surface area contributed by atoms with Crippen molar-refractivity contribution in [1.82, 2.24) is 4.90 Å². The highest BCUT2D eigenvalue weighted by Gasteiger charge is 2.31. The zero-order chi connectivity index (χ0) is 9.19. The van der Waals surface area contributed by atoms with E-state index in [0.29, 0.717) is 5.54 Å². The van der Waals surface area contributed by atoms with Gasteiger partial charge in [0, 0.05) is 12.1 Å². The molecule has 0 aliphatic carbocycles. The molecule has 0 aromatic carbocycles. The van der Waals surface area contributed by atoms with Crippen molar-refractivity contribution in [2.75, 3.05) is 18.8 Å². The average molecular weight is 187 g/mol. The summed E-state index contributed by atoms with van der Waals surface area (Å²) in [5.41, 5.74) is 0.442. The van der Waals surface area contributed by atoms with Gasteiger partial charge in [0.2, 0.25) is 0 Å². The lowest BCUT2D eigenvalue weighted by Gasteiger charge is -2.33. The molecule has 0 bridgehead atoms. The van der Waals surface area contributed by atoms with Crippen LogP contribution in [0.25, 0.3) is 0 Å². The Balaban J connectivity index is 2.41. The highest BCUT2D eigenvalue weighted by Crippen LogP contribution is 2.28. The highest BCUT2D eigenvalue weighted by molar-refractivity contribution is 7.80. The van der Waals surface area contributed by atoms with Crippen LogP contribution in [0.2, 0.25) is 0 Å². The summed E-state index contributed by atoms with van der Waals surface area (Å²) in [6, 6.07) is 0. The Morgan fingerprint density at radius 1 is 1.50 bits per heavy atom. The van der Waals surface area contributed by atoms with E-state index in [1.807, 2.05) is 0 Å². The van der Waals surface area contributed by atoms with Gasteiger partial charge in [0.15, 0.2) is 0 Å². The predicted octanol–water partition coefficient (Wildman–Crippen LogP) is 2.43. The minimum atomic E-state index is 0.442. The fourth-order valence-corrected chi connectivity index (χ4v) is 2.05. The summed E-state index contributed by atoms with van der Waals surface area (Å²) in [5, 5.41) is 0. The second-order valence-corrected chi connectivity index (χ2v) is 5.01. The Bertz CT molecular complexity index is 145. The smallest absolute Gasteiger partial charge is 0.0153 e. The molecular formula is C10H21NS. The molecular weight excluding hydrogens is 166 g/mol. The number of thiol groups is 1. The summed E-state index contributed by atoms with van der Waals surface area (Å²) in [6.07, 6.45) is 2.72. The van der Waals surface area contributed by atoms with E-state index in [2.05, 4.69) is 38.3 Å². The van der Waals surface area contributed by atoms with Gasteiger partial charge in [-0.2, -0.15) is 12.6 Å². The molecule has 1 rings (SSSR count). The molecule has 1 aliphatic rings. The SMILES string of the molecule is CC(CS)CN1CCCC1(C)C. The largest absolute Gasteiger partial charge is 0.298 e. The minimum absolute atomic E-state index is 0.442. The van der Waals surface area contributed by atoms with Crippen molar-refractivity contribution in [3.8, 4) is 0 Å². The number of hydrogen-bond donors (Lipinski definition) is 1. The van der Waals surface area contributed by atoms with E-state index in [9.17, 15) is 0 Å². The lowest BCUT2D eigenvalue weighted by molar-refractivity contribution is 0.157. The van der Waals surface area contributed by atoms with Gasteiger partial charge in [-0.15, -0.1) is 0 Å². The maximum Gasteiger partial charge on any atom is 0.0153 e. The predicted molar refractivity (Wildman–Crippen MR) is 57.9 cm³/mol. The fraction of sp³-hybridized carbons (Fsp3) is 1.00. The van der Waals surface area contributed by atoms with Gasteiger partial charge in [-0.3, -0.25) is 4.90 Å². The lowest BCUT2D eigenvalue weighted by atomic mass is 10.0. The van der Waals surface area contributed by atoms with Crippen LogP contribution < -0.4 is 0 Å². The zero-order valence-electron chi connectivity index (χ0n) is 8.51. The van der Waals surface area contributed by atoms with E-state index < -0.39 is 0 Å². The highest BCUT2D eigenvalue weighted by atomic mass is 32.1. The van der Waals surface area contributed by atoms with Gasteiger partial charge in [-0.25, -0.2) is 0 Å². The zero-order valence-corrected chi connectivity index (χ0v) is 9.40. The Labute approximate surface area is 81.9 Å². The summed E-state index contributed by atoms with van der Waals surface area (Å²) in [5.74, 6) is 1.73. The van der Waals surface area contributed by atoms with Crippen molar-refractivity contribution in [1.29, 1.82) is 0 Å². The molecule has 12 heavy (non-hydrogen) atoms. The second kappa shape index (κ2) is 4.01. The quantitative estimate of drug-likeness (QED) is 0.664. The van der Waals surface area contributed by atoms with Crippen LogP contribution in [-0.4, -0.2) is 29.3 Å². The van der Waals surface area contributed by atoms with Gasteiger partial charge in [0.1, 0.15) is 0 Å². The third kappa shape index (κ3) is 2.40. The Hall–Kier alpha value is 0.310. The summed E-state index contributed by atoms with van der Waals surface area (Å²) < 4.78 is 0. The molecule has 1 fully saturated rings. The monoisotopic (exact) mass is 187 g/mol. The van der Waals surface area contributed by atoms with Crippen LogP contribution in [0, 0.1) is 5.92 Å². The molecule has 72 valence electrons. The third-order valence-corrected chi connectivity index (χ3v) is 3.54. The molecule has 0 aromatic rings. The van der Waals surface area contributed by atoms with E-state index in [-0.39, 0.29) is 0 Å². The topological polar surface area (TPSA) is 3.24 Å². The van der Waals surface area contributed by atoms with E-state index in [0.717, 1.165) is 11.7 Å². The molecule has 1 unspecified atom stereocenters. The summed E-state index contributed by atoms with van der Waals surface area (Å²) in [4.78, 5) is 2.61. The first kappa shape index (κ1) is 10.4. The summed E-state index contributed by atoms with van der Waals surface area (Å²) in [7, 11) is 0. The van der Waals surface area contributed by atoms with Crippen molar-refractivity contribution in [3.63, 3.8) is 0 Å². The molecule has 0 spiro atoms. The molecule has 1 atom stereocenters. The first-order valence-corrected chi connectivity index (χ1v) is 5.55. The van der Waals surface area contributed by atoms with Crippen molar-refractivity contribution >= 4 is 12.6 Å². The van der Waals surface area contributed by atoms with Crippen LogP contribution in [0.3, 0.4) is 0 Å². The van der Waals surface area contributed by atoms with Crippen molar-refractivity contribution < 1.29 is 0 Å². The number of hydrogen-bond acceptors (Lipinski definition) is 2. The third-order valence-electron chi connectivity index (χ3n) is 2.92. The maximum absolute atomic E-state index is 4.32. The maximum atomic E-state index is 4.32. The van der Waals surface area contributed by atoms with Crippen LogP contribution in [-0.2, 0) is 0 Å². The molecule has 1 heterocycles. The van der Waals surface area contributed by atoms with Crippen LogP contribution in [0.4, 0.5) is 0 Å². The molecule has 0 N–H and O–H groups in total. The molecule has 0 saturated carbocycles. The number of rotatable bonds is 3. The number of nitrogens with zero attached hydrogens (tertiary/aromatic N) is 1. The Morgan fingerprint density at radius 3 is 2.58 bits per heavy atom. The number of likely N-dealkylation sites (tertiary alicyclic amines) is 1. The second-order valence-electron chi connectivity index (χ2n) is 4.65. The van der Waals surface area contributed by atoms with Gasteiger partial charge < -0.3 is 0 Å². The Morgan fingerprint density at radius 2 is 2.17 bits per heavy atom. The van der Waals surface area contributed by atoms with E-state index in [1.54, 1.807) is 0 Å². The Kier molecular flexibility index (Phi) is 3.47. The normalized spacial score (nSPS) is 26.0. The molecule has 1 aliphatic heterocycles. The standard InChI is InChI=1S/C10H21NS/c1-9(8-12)7-11-6-4-5-10(11,2)3/h9,12H,4-8H2,1-3H3. The van der Waals surface area contributed by atoms with Gasteiger partial charge in [0.05, 0.1) is 0 Å². The molecule has 1 saturated heterocycles. The molecule has 0 aromatic heterocycles. The van der Waals surface area contributed by atoms with Gasteiger partial charge in [-0.1, -0.05) is 6.92 Å². The molecule has 0 radical (unpaired) electrons. The van der Waals surface area contributed by atoms with Crippen molar-refractivity contribution in [2.24, 2.45) is 5.92 Å². The van der Waals surface area contributed by atoms with Crippen LogP contribution in [0.5, 0.6) is 0 Å². The molecule has 2 heteroatoms. The van der Waals surface area contributed by atoms with Crippen molar-refractivity contribution in [2.45, 2.75) is 39.2 Å². The fourth-order valence-electron chi connectivity index (χ4n) is 1.94. The van der Waals surface area contributed by atoms with Crippen LogP contribution >= 0.6 is 12.6 Å². The minimum Gasteiger partial charge on any atom is -0.298 e. The van der Waals surface area contributed by atoms with Gasteiger partial charge in [-0.05, 0) is 44.9 Å². The molecule has 1 nitrogen and oxygen atoms in total. The molecule has 0 amide bonds.